The zero-order valence-corrected chi connectivity index (χ0v) is 56.6. The third-order valence-electron chi connectivity index (χ3n) is 17.3. The summed E-state index contributed by atoms with van der Waals surface area (Å²) in [7, 11) is 0. The first-order valence-corrected chi connectivity index (χ1v) is 36.5. The number of nitrogens with one attached hydrogen (secondary N) is 1. The number of carbonyl (C=O) groups excluding carboxylic acids is 1. The Kier molecular flexibility index (Phi) is 55.0. The number of unbranched alkanes of at least 4 members (excludes halogenated alkanes) is 32. The second-order valence-corrected chi connectivity index (χ2v) is 25.3. The van der Waals surface area contributed by atoms with E-state index in [0.29, 0.717) is 12.8 Å². The Hall–Kier alpha value is -3.09. The largest absolute Gasteiger partial charge is 0.394 e. The molecule has 2 saturated heterocycles. The highest BCUT2D eigenvalue weighted by Gasteiger charge is 2.51. The Morgan fingerprint density at radius 3 is 1.22 bits per heavy atom. The quantitative estimate of drug-likeness (QED) is 0.0204. The smallest absolute Gasteiger partial charge is 0.220 e. The van der Waals surface area contributed by atoms with Gasteiger partial charge in [-0.1, -0.05) is 291 Å². The van der Waals surface area contributed by atoms with Crippen LogP contribution in [0.5, 0.6) is 0 Å². The Morgan fingerprint density at radius 1 is 0.411 bits per heavy atom. The van der Waals surface area contributed by atoms with Crippen LogP contribution in [0.15, 0.2) is 97.2 Å². The Balaban J connectivity index is 1.67. The lowest BCUT2D eigenvalue weighted by Crippen LogP contribution is -2.65. The highest BCUT2D eigenvalue weighted by Crippen LogP contribution is 2.30. The van der Waals surface area contributed by atoms with Crippen LogP contribution in [0.2, 0.25) is 0 Å². The van der Waals surface area contributed by atoms with Crippen molar-refractivity contribution in [1.82, 2.24) is 5.32 Å². The predicted octanol–water partition coefficient (Wildman–Crippen LogP) is 15.3. The van der Waals surface area contributed by atoms with Crippen LogP contribution in [0.1, 0.15) is 284 Å². The van der Waals surface area contributed by atoms with Crippen molar-refractivity contribution in [2.24, 2.45) is 0 Å². The van der Waals surface area contributed by atoms with Gasteiger partial charge in [-0.05, 0) is 83.5 Å². The van der Waals surface area contributed by atoms with Crippen molar-refractivity contribution in [3.63, 3.8) is 0 Å². The predicted molar refractivity (Wildman–Crippen MR) is 369 cm³/mol. The molecule has 14 nitrogen and oxygen atoms in total. The van der Waals surface area contributed by atoms with E-state index < -0.39 is 86.8 Å². The molecule has 2 heterocycles. The number of hydrogen-bond donors (Lipinski definition) is 9. The third-order valence-corrected chi connectivity index (χ3v) is 17.3. The van der Waals surface area contributed by atoms with Crippen LogP contribution in [0.3, 0.4) is 0 Å². The van der Waals surface area contributed by atoms with Gasteiger partial charge in [0.25, 0.3) is 0 Å². The van der Waals surface area contributed by atoms with E-state index in [-0.39, 0.29) is 18.9 Å². The molecule has 0 aromatic heterocycles. The first kappa shape index (κ1) is 83.0. The molecule has 14 heteroatoms. The van der Waals surface area contributed by atoms with Crippen molar-refractivity contribution >= 4 is 5.91 Å². The fourth-order valence-corrected chi connectivity index (χ4v) is 11.5. The molecule has 2 fully saturated rings. The number of aliphatic hydroxyl groups excluding tert-OH is 8. The summed E-state index contributed by atoms with van der Waals surface area (Å²) in [6.07, 6.45) is 67.5. The molecule has 1 amide bonds. The van der Waals surface area contributed by atoms with E-state index in [2.05, 4.69) is 104 Å². The van der Waals surface area contributed by atoms with Gasteiger partial charge in [-0.3, -0.25) is 4.79 Å². The SMILES string of the molecule is CC/C=C\C/C=C\C/C=C\C/C=C\C/C=C\C/C=C\CCCCCCCCCCCCCCCCC(=O)NC(COC1OC(CO)C(OC2OC(CO)C(O)C(O)C2O)C(O)C1O)C(O)/C=C/CC/C=C/CCCCCCCCCCCCCCCCCCC. The summed E-state index contributed by atoms with van der Waals surface area (Å²) >= 11 is 0. The number of rotatable bonds is 59. The van der Waals surface area contributed by atoms with Gasteiger partial charge in [0.05, 0.1) is 32.0 Å². The zero-order chi connectivity index (χ0) is 65.2. The number of carbonyl (C=O) groups is 1. The molecule has 2 rings (SSSR count). The zero-order valence-electron chi connectivity index (χ0n) is 56.6. The van der Waals surface area contributed by atoms with E-state index >= 15 is 0 Å². The van der Waals surface area contributed by atoms with Crippen molar-refractivity contribution < 1.29 is 64.6 Å². The summed E-state index contributed by atoms with van der Waals surface area (Å²) in [5.41, 5.74) is 0. The van der Waals surface area contributed by atoms with Crippen LogP contribution in [-0.2, 0) is 23.7 Å². The molecular formula is C76H133NO13. The van der Waals surface area contributed by atoms with Crippen molar-refractivity contribution in [3.05, 3.63) is 97.2 Å². The summed E-state index contributed by atoms with van der Waals surface area (Å²) in [5, 5.41) is 87.5. The van der Waals surface area contributed by atoms with Crippen molar-refractivity contribution in [2.75, 3.05) is 19.8 Å². The van der Waals surface area contributed by atoms with Gasteiger partial charge in [0.2, 0.25) is 5.91 Å². The lowest BCUT2D eigenvalue weighted by atomic mass is 9.97. The van der Waals surface area contributed by atoms with Gasteiger partial charge in [-0.25, -0.2) is 0 Å². The molecule has 0 bridgehead atoms. The second-order valence-electron chi connectivity index (χ2n) is 25.3. The number of ether oxygens (including phenoxy) is 4. The molecular weight excluding hydrogens is 1130 g/mol. The van der Waals surface area contributed by atoms with E-state index in [1.165, 1.54) is 180 Å². The molecule has 2 aliphatic heterocycles. The fraction of sp³-hybridized carbons (Fsp3) is 0.776. The van der Waals surface area contributed by atoms with Gasteiger partial charge >= 0.3 is 0 Å². The Bertz CT molecular complexity index is 1880. The number of amides is 1. The lowest BCUT2D eigenvalue weighted by molar-refractivity contribution is -0.359. The van der Waals surface area contributed by atoms with Crippen molar-refractivity contribution in [2.45, 2.75) is 357 Å². The van der Waals surface area contributed by atoms with E-state index in [1.54, 1.807) is 6.08 Å². The molecule has 0 radical (unpaired) electrons. The third kappa shape index (κ3) is 43.0. The Morgan fingerprint density at radius 2 is 0.778 bits per heavy atom. The maximum Gasteiger partial charge on any atom is 0.220 e. The van der Waals surface area contributed by atoms with Gasteiger partial charge in [-0.2, -0.15) is 0 Å². The normalized spacial score (nSPS) is 23.5. The summed E-state index contributed by atoms with van der Waals surface area (Å²) in [6, 6.07) is -0.938. The molecule has 0 aliphatic carbocycles. The van der Waals surface area contributed by atoms with Gasteiger partial charge in [-0.15, -0.1) is 0 Å². The molecule has 0 saturated carbocycles. The van der Waals surface area contributed by atoms with Crippen molar-refractivity contribution in [3.8, 4) is 0 Å². The van der Waals surface area contributed by atoms with Gasteiger partial charge < -0.3 is 65.1 Å². The molecule has 12 atom stereocenters. The van der Waals surface area contributed by atoms with Crippen LogP contribution >= 0.6 is 0 Å². The molecule has 0 aromatic rings. The summed E-state index contributed by atoms with van der Waals surface area (Å²) in [4.78, 5) is 13.3. The summed E-state index contributed by atoms with van der Waals surface area (Å²) < 4.78 is 22.9. The minimum absolute atomic E-state index is 0.250. The monoisotopic (exact) mass is 1270 g/mol. The van der Waals surface area contributed by atoms with Crippen LogP contribution in [0.25, 0.3) is 0 Å². The van der Waals surface area contributed by atoms with E-state index in [4.69, 9.17) is 18.9 Å². The molecule has 2 aliphatic rings. The summed E-state index contributed by atoms with van der Waals surface area (Å²) in [6.45, 7) is 2.69. The topological polar surface area (TPSA) is 228 Å². The van der Waals surface area contributed by atoms with Crippen LogP contribution in [-0.4, -0.2) is 140 Å². The number of allylic oxidation sites excluding steroid dienone is 15. The minimum atomic E-state index is -1.80. The maximum atomic E-state index is 13.3. The first-order valence-electron chi connectivity index (χ1n) is 36.5. The van der Waals surface area contributed by atoms with Crippen molar-refractivity contribution in [1.29, 1.82) is 0 Å². The van der Waals surface area contributed by atoms with Gasteiger partial charge in [0.1, 0.15) is 48.8 Å². The summed E-state index contributed by atoms with van der Waals surface area (Å²) in [5.74, 6) is -0.250. The highest BCUT2D eigenvalue weighted by molar-refractivity contribution is 5.76. The molecule has 9 N–H and O–H groups in total. The fourth-order valence-electron chi connectivity index (χ4n) is 11.5. The molecule has 12 unspecified atom stereocenters. The number of aliphatic hydroxyl groups is 8. The van der Waals surface area contributed by atoms with Gasteiger partial charge in [0, 0.05) is 6.42 Å². The van der Waals surface area contributed by atoms with Crippen LogP contribution < -0.4 is 5.32 Å². The van der Waals surface area contributed by atoms with E-state index in [0.717, 1.165) is 70.6 Å². The molecule has 520 valence electrons. The second kappa shape index (κ2) is 59.6. The molecule has 0 spiro atoms. The Labute approximate surface area is 547 Å². The lowest BCUT2D eigenvalue weighted by Gasteiger charge is -2.46. The molecule has 90 heavy (non-hydrogen) atoms. The minimum Gasteiger partial charge on any atom is -0.394 e. The number of hydrogen-bond acceptors (Lipinski definition) is 13. The average molecular weight is 1270 g/mol. The standard InChI is InChI=1S/C76H133NO13/c1-3-5-7-9-11-13-15-17-19-21-23-25-27-28-29-30-31-32-33-34-35-36-38-40-42-44-46-48-50-52-54-56-58-60-68(81)77-64(63-87-75-73(86)71(84)74(67(62-79)89-75)90-76-72(85)70(83)69(82)66(61-78)88-76)65(80)59-57-55-53-51-49-47-45-43-41-39-37-26-24-22-20-18-16-14-12-10-8-6-4-2/h5,7,11,13,17,19,23,25,28-29,31-32,49,51,57,59,64-67,69-76,78-80,82-86H,3-4,6,8-10,12,14-16,18,20-22,24,26-27,30,33-48,50,52-56,58,60-63H2,1-2H3,(H,77,81)/b7-5-,13-11-,19-17-,25-23-,29-28-,32-31-,51-49+,59-57+. The van der Waals surface area contributed by atoms with Gasteiger partial charge in [0.15, 0.2) is 12.6 Å². The van der Waals surface area contributed by atoms with Crippen LogP contribution in [0, 0.1) is 0 Å². The first-order chi connectivity index (χ1) is 44.1. The van der Waals surface area contributed by atoms with Crippen LogP contribution in [0.4, 0.5) is 0 Å². The highest BCUT2D eigenvalue weighted by atomic mass is 16.7. The molecule has 0 aromatic carbocycles. The maximum absolute atomic E-state index is 13.3. The van der Waals surface area contributed by atoms with E-state index in [9.17, 15) is 45.6 Å². The average Bonchev–Trinajstić information content (AvgIpc) is 1.41. The van der Waals surface area contributed by atoms with E-state index in [1.807, 2.05) is 6.08 Å².